The lowest BCUT2D eigenvalue weighted by atomic mass is 10.1. The van der Waals surface area contributed by atoms with Gasteiger partial charge in [0.25, 0.3) is 5.91 Å². The number of phenolic OH excluding ortho intramolecular Hbond substituents is 1. The molecule has 0 radical (unpaired) electrons. The zero-order chi connectivity index (χ0) is 18.4. The van der Waals surface area contributed by atoms with E-state index in [0.29, 0.717) is 0 Å². The number of hydrogen-bond donors (Lipinski definition) is 2. The molecule has 0 saturated heterocycles. The van der Waals surface area contributed by atoms with Crippen LogP contribution in [0, 0.1) is 10.1 Å². The number of para-hydroxylation sites is 3. The van der Waals surface area contributed by atoms with E-state index in [1.807, 2.05) is 0 Å². The van der Waals surface area contributed by atoms with Crippen LogP contribution in [-0.2, 0) is 9.53 Å². The van der Waals surface area contributed by atoms with Crippen molar-refractivity contribution >= 4 is 23.3 Å². The number of hydrogen-bond acceptors (Lipinski definition) is 7. The van der Waals surface area contributed by atoms with Crippen LogP contribution in [0.25, 0.3) is 0 Å². The molecule has 0 fully saturated rings. The summed E-state index contributed by atoms with van der Waals surface area (Å²) in [6, 6.07) is 9.78. The molecule has 25 heavy (non-hydrogen) atoms. The van der Waals surface area contributed by atoms with Gasteiger partial charge in [-0.25, -0.2) is 4.79 Å². The van der Waals surface area contributed by atoms with Crippen molar-refractivity contribution in [1.29, 1.82) is 0 Å². The molecule has 0 spiro atoms. The number of nitro benzene ring substituents is 1. The Labute approximate surface area is 141 Å². The van der Waals surface area contributed by atoms with Gasteiger partial charge in [-0.1, -0.05) is 18.2 Å². The first-order valence-corrected chi connectivity index (χ1v) is 7.00. The molecule has 9 heteroatoms. The van der Waals surface area contributed by atoms with Gasteiger partial charge in [0, 0.05) is 6.07 Å². The van der Waals surface area contributed by atoms with Gasteiger partial charge in [0.1, 0.15) is 5.56 Å². The van der Waals surface area contributed by atoms with Crippen molar-refractivity contribution in [2.45, 2.75) is 0 Å². The van der Waals surface area contributed by atoms with Gasteiger partial charge < -0.3 is 19.9 Å². The molecule has 9 nitrogen and oxygen atoms in total. The zero-order valence-electron chi connectivity index (χ0n) is 13.1. The van der Waals surface area contributed by atoms with Gasteiger partial charge in [0.05, 0.1) is 17.7 Å². The Bertz CT molecular complexity index is 820. The smallest absolute Gasteiger partial charge is 0.341 e. The molecule has 130 valence electrons. The molecule has 0 aromatic heterocycles. The molecule has 2 rings (SSSR count). The first-order chi connectivity index (χ1) is 11.9. The Morgan fingerprint density at radius 1 is 1.20 bits per heavy atom. The molecular formula is C16H14N2O7. The number of anilines is 1. The second-order valence-corrected chi connectivity index (χ2v) is 4.76. The molecule has 0 saturated carbocycles. The van der Waals surface area contributed by atoms with Gasteiger partial charge in [0.15, 0.2) is 18.1 Å². The van der Waals surface area contributed by atoms with E-state index in [4.69, 9.17) is 4.74 Å². The summed E-state index contributed by atoms with van der Waals surface area (Å²) in [5.41, 5.74) is -0.398. The number of esters is 1. The largest absolute Gasteiger partial charge is 0.505 e. The maximum absolute atomic E-state index is 11.9. The molecule has 0 unspecified atom stereocenters. The van der Waals surface area contributed by atoms with Crippen molar-refractivity contribution < 1.29 is 29.1 Å². The first-order valence-electron chi connectivity index (χ1n) is 7.00. The number of ether oxygens (including phenoxy) is 2. The first kappa shape index (κ1) is 17.7. The van der Waals surface area contributed by atoms with Crippen molar-refractivity contribution in [3.63, 3.8) is 0 Å². The lowest BCUT2D eigenvalue weighted by Crippen LogP contribution is -2.20. The summed E-state index contributed by atoms with van der Waals surface area (Å²) in [7, 11) is 1.16. The van der Waals surface area contributed by atoms with Crippen LogP contribution in [0.2, 0.25) is 0 Å². The number of aromatic hydroxyl groups is 1. The molecule has 0 aliphatic rings. The summed E-state index contributed by atoms with van der Waals surface area (Å²) >= 11 is 0. The van der Waals surface area contributed by atoms with Crippen LogP contribution in [-0.4, -0.2) is 35.6 Å². The number of carbonyl (C=O) groups is 2. The van der Waals surface area contributed by atoms with Crippen LogP contribution in [0.5, 0.6) is 11.5 Å². The molecule has 2 aromatic carbocycles. The second-order valence-electron chi connectivity index (χ2n) is 4.76. The van der Waals surface area contributed by atoms with E-state index >= 15 is 0 Å². The molecule has 0 heterocycles. The van der Waals surface area contributed by atoms with E-state index in [0.717, 1.165) is 7.11 Å². The predicted octanol–water partition coefficient (Wildman–Crippen LogP) is 2.10. The normalized spacial score (nSPS) is 9.96. The van der Waals surface area contributed by atoms with Crippen LogP contribution in [0.4, 0.5) is 11.4 Å². The average molecular weight is 346 g/mol. The standard InChI is InChI=1S/C16H14N2O7/c1-24-16(21)10-5-4-6-11(15(10)20)17-14(19)9-25-13-8-3-2-7-12(13)18(22)23/h2-8,20H,9H2,1H3,(H,17,19). The predicted molar refractivity (Wildman–Crippen MR) is 86.7 cm³/mol. The third-order valence-corrected chi connectivity index (χ3v) is 3.14. The van der Waals surface area contributed by atoms with Gasteiger partial charge in [-0.2, -0.15) is 0 Å². The van der Waals surface area contributed by atoms with Gasteiger partial charge in [-0.15, -0.1) is 0 Å². The van der Waals surface area contributed by atoms with Crippen LogP contribution in [0.3, 0.4) is 0 Å². The van der Waals surface area contributed by atoms with Gasteiger partial charge in [-0.05, 0) is 18.2 Å². The SMILES string of the molecule is COC(=O)c1cccc(NC(=O)COc2ccccc2[N+](=O)[O-])c1O. The summed E-state index contributed by atoms with van der Waals surface area (Å²) in [5, 5.41) is 23.2. The minimum atomic E-state index is -0.759. The van der Waals surface area contributed by atoms with Crippen LogP contribution in [0.1, 0.15) is 10.4 Å². The molecule has 0 aliphatic heterocycles. The topological polar surface area (TPSA) is 128 Å². The number of nitro groups is 1. The summed E-state index contributed by atoms with van der Waals surface area (Å²) < 4.78 is 9.66. The highest BCUT2D eigenvalue weighted by Gasteiger charge is 2.18. The van der Waals surface area contributed by atoms with Crippen molar-refractivity contribution in [3.8, 4) is 11.5 Å². The quantitative estimate of drug-likeness (QED) is 0.355. The summed E-state index contributed by atoms with van der Waals surface area (Å²) in [6.45, 7) is -0.521. The van der Waals surface area contributed by atoms with E-state index in [9.17, 15) is 24.8 Å². The Morgan fingerprint density at radius 3 is 2.60 bits per heavy atom. The number of methoxy groups -OCH3 is 1. The van der Waals surface area contributed by atoms with Crippen LogP contribution < -0.4 is 10.1 Å². The summed E-state index contributed by atoms with van der Waals surface area (Å²) in [5.74, 6) is -1.94. The van der Waals surface area contributed by atoms with Gasteiger partial charge in [0.2, 0.25) is 0 Å². The molecule has 0 aliphatic carbocycles. The number of rotatable bonds is 6. The molecule has 2 aromatic rings. The fourth-order valence-corrected chi connectivity index (χ4v) is 1.98. The lowest BCUT2D eigenvalue weighted by Gasteiger charge is -2.10. The second kappa shape index (κ2) is 7.77. The van der Waals surface area contributed by atoms with Crippen molar-refractivity contribution in [2.24, 2.45) is 0 Å². The van der Waals surface area contributed by atoms with Gasteiger partial charge in [-0.3, -0.25) is 14.9 Å². The van der Waals surface area contributed by atoms with E-state index < -0.39 is 29.2 Å². The number of nitrogens with one attached hydrogen (secondary N) is 1. The number of benzene rings is 2. The lowest BCUT2D eigenvalue weighted by molar-refractivity contribution is -0.385. The molecule has 1 amide bonds. The molecule has 0 atom stereocenters. The monoisotopic (exact) mass is 346 g/mol. The van der Waals surface area contributed by atoms with Crippen molar-refractivity contribution in [2.75, 3.05) is 19.0 Å². The minimum absolute atomic E-state index is 0.0148. The highest BCUT2D eigenvalue weighted by atomic mass is 16.6. The highest BCUT2D eigenvalue weighted by Crippen LogP contribution is 2.28. The van der Waals surface area contributed by atoms with E-state index in [1.165, 1.54) is 42.5 Å². The van der Waals surface area contributed by atoms with Crippen molar-refractivity contribution in [3.05, 3.63) is 58.1 Å². The maximum Gasteiger partial charge on any atom is 0.341 e. The van der Waals surface area contributed by atoms with E-state index in [1.54, 1.807) is 0 Å². The van der Waals surface area contributed by atoms with Crippen LogP contribution >= 0.6 is 0 Å². The Balaban J connectivity index is 2.07. The Morgan fingerprint density at radius 2 is 1.92 bits per heavy atom. The molecule has 2 N–H and O–H groups in total. The Hall–Kier alpha value is -3.62. The summed E-state index contributed by atoms with van der Waals surface area (Å²) in [4.78, 5) is 33.7. The van der Waals surface area contributed by atoms with Gasteiger partial charge >= 0.3 is 11.7 Å². The highest BCUT2D eigenvalue weighted by molar-refractivity contribution is 5.98. The molecule has 0 bridgehead atoms. The minimum Gasteiger partial charge on any atom is -0.505 e. The number of amides is 1. The fourth-order valence-electron chi connectivity index (χ4n) is 1.98. The zero-order valence-corrected chi connectivity index (χ0v) is 13.1. The number of carbonyl (C=O) groups excluding carboxylic acids is 2. The van der Waals surface area contributed by atoms with E-state index in [-0.39, 0.29) is 22.7 Å². The Kier molecular flexibility index (Phi) is 5.51. The number of phenols is 1. The third-order valence-electron chi connectivity index (χ3n) is 3.14. The summed E-state index contributed by atoms with van der Waals surface area (Å²) in [6.07, 6.45) is 0. The number of nitrogens with zero attached hydrogens (tertiary/aromatic N) is 1. The third kappa shape index (κ3) is 4.22. The molecular weight excluding hydrogens is 332 g/mol. The average Bonchev–Trinajstić information content (AvgIpc) is 2.61. The fraction of sp³-hybridized carbons (Fsp3) is 0.125. The van der Waals surface area contributed by atoms with Crippen LogP contribution in [0.15, 0.2) is 42.5 Å². The van der Waals surface area contributed by atoms with E-state index in [2.05, 4.69) is 10.1 Å². The van der Waals surface area contributed by atoms with Crippen molar-refractivity contribution in [1.82, 2.24) is 0 Å². The maximum atomic E-state index is 11.9.